The predicted octanol–water partition coefficient (Wildman–Crippen LogP) is 1.40. The first-order valence-corrected chi connectivity index (χ1v) is 5.06. The van der Waals surface area contributed by atoms with Gasteiger partial charge in [0.25, 0.3) is 0 Å². The van der Waals surface area contributed by atoms with Gasteiger partial charge in [-0.25, -0.2) is 0 Å². The Hall–Kier alpha value is 0.320. The van der Waals surface area contributed by atoms with Gasteiger partial charge in [0.15, 0.2) is 3.79 Å². The van der Waals surface area contributed by atoms with Crippen molar-refractivity contribution in [2.24, 2.45) is 0 Å². The SMILES string of the molecule is CN1C(CC(=O)I)COC1(C)C. The minimum atomic E-state index is -0.212. The minimum absolute atomic E-state index is 0.200. The van der Waals surface area contributed by atoms with E-state index in [1.165, 1.54) is 0 Å². The van der Waals surface area contributed by atoms with Crippen LogP contribution in [0.1, 0.15) is 20.3 Å². The summed E-state index contributed by atoms with van der Waals surface area (Å²) in [5.41, 5.74) is -0.212. The summed E-state index contributed by atoms with van der Waals surface area (Å²) in [7, 11) is 2.00. The van der Waals surface area contributed by atoms with Gasteiger partial charge in [0.2, 0.25) is 0 Å². The second-order valence-corrected chi connectivity index (χ2v) is 4.78. The molecule has 0 saturated carbocycles. The molecule has 1 atom stereocenters. The molecule has 0 spiro atoms. The Kier molecular flexibility index (Phi) is 3.11. The van der Waals surface area contributed by atoms with Gasteiger partial charge in [-0.2, -0.15) is 0 Å². The van der Waals surface area contributed by atoms with Crippen molar-refractivity contribution in [3.8, 4) is 0 Å². The van der Waals surface area contributed by atoms with Gasteiger partial charge in [0.1, 0.15) is 5.72 Å². The van der Waals surface area contributed by atoms with Gasteiger partial charge in [0.05, 0.1) is 6.61 Å². The number of carbonyl (C=O) groups excluding carboxylic acids is 1. The maximum Gasteiger partial charge on any atom is 0.194 e. The largest absolute Gasteiger partial charge is 0.359 e. The molecule has 0 aromatic carbocycles. The number of rotatable bonds is 2. The van der Waals surface area contributed by atoms with Gasteiger partial charge < -0.3 is 4.74 Å². The summed E-state index contributed by atoms with van der Waals surface area (Å²) in [5, 5.41) is 0. The van der Waals surface area contributed by atoms with Gasteiger partial charge >= 0.3 is 0 Å². The van der Waals surface area contributed by atoms with Crippen LogP contribution in [0.2, 0.25) is 0 Å². The fourth-order valence-electron chi connectivity index (χ4n) is 1.33. The van der Waals surface area contributed by atoms with E-state index in [-0.39, 0.29) is 15.6 Å². The molecule has 0 aromatic heterocycles. The third-order valence-corrected chi connectivity index (χ3v) is 2.86. The highest BCUT2D eigenvalue weighted by Crippen LogP contribution is 2.27. The van der Waals surface area contributed by atoms with E-state index in [9.17, 15) is 4.79 Å². The summed E-state index contributed by atoms with van der Waals surface area (Å²) in [6, 6.07) is 0.254. The van der Waals surface area contributed by atoms with Crippen molar-refractivity contribution in [1.29, 1.82) is 0 Å². The van der Waals surface area contributed by atoms with Crippen LogP contribution < -0.4 is 0 Å². The lowest BCUT2D eigenvalue weighted by Gasteiger charge is -2.28. The van der Waals surface area contributed by atoms with Crippen LogP contribution in [0.5, 0.6) is 0 Å². The first kappa shape index (κ1) is 10.4. The molecule has 4 heteroatoms. The minimum Gasteiger partial charge on any atom is -0.359 e. The lowest BCUT2D eigenvalue weighted by molar-refractivity contribution is -0.110. The zero-order valence-corrected chi connectivity index (χ0v) is 9.79. The van der Waals surface area contributed by atoms with Crippen molar-refractivity contribution in [2.75, 3.05) is 13.7 Å². The number of likely N-dealkylation sites (N-methyl/N-ethyl adjacent to an activating group) is 1. The van der Waals surface area contributed by atoms with E-state index < -0.39 is 0 Å². The van der Waals surface area contributed by atoms with Crippen LogP contribution in [0, 0.1) is 0 Å². The van der Waals surface area contributed by atoms with Crippen LogP contribution in [0.3, 0.4) is 0 Å². The number of hydrogen-bond acceptors (Lipinski definition) is 3. The van der Waals surface area contributed by atoms with Gasteiger partial charge in [0, 0.05) is 12.5 Å². The first-order chi connectivity index (χ1) is 5.43. The van der Waals surface area contributed by atoms with Crippen LogP contribution in [-0.2, 0) is 9.53 Å². The molecule has 0 N–H and O–H groups in total. The highest BCUT2D eigenvalue weighted by atomic mass is 127. The predicted molar refractivity (Wildman–Crippen MR) is 55.2 cm³/mol. The molecule has 1 aliphatic rings. The Morgan fingerprint density at radius 2 is 2.33 bits per heavy atom. The zero-order chi connectivity index (χ0) is 9.35. The van der Waals surface area contributed by atoms with Gasteiger partial charge in [-0.15, -0.1) is 0 Å². The third-order valence-electron chi connectivity index (χ3n) is 2.42. The normalized spacial score (nSPS) is 29.2. The summed E-state index contributed by atoms with van der Waals surface area (Å²) in [6.07, 6.45) is 0.584. The smallest absolute Gasteiger partial charge is 0.194 e. The molecular weight excluding hydrogens is 269 g/mol. The van der Waals surface area contributed by atoms with E-state index in [4.69, 9.17) is 4.74 Å². The molecule has 12 heavy (non-hydrogen) atoms. The fourth-order valence-corrected chi connectivity index (χ4v) is 1.84. The lowest BCUT2D eigenvalue weighted by atomic mass is 10.2. The number of carbonyl (C=O) groups is 1. The summed E-state index contributed by atoms with van der Waals surface area (Å²) in [6.45, 7) is 4.70. The number of halogens is 1. The molecule has 0 bridgehead atoms. The van der Waals surface area contributed by atoms with Crippen molar-refractivity contribution in [3.63, 3.8) is 0 Å². The quantitative estimate of drug-likeness (QED) is 0.567. The maximum absolute atomic E-state index is 10.9. The van der Waals surface area contributed by atoms with Gasteiger partial charge in [-0.1, -0.05) is 0 Å². The average molecular weight is 283 g/mol. The summed E-state index contributed by atoms with van der Waals surface area (Å²) in [5.74, 6) is 0. The number of ether oxygens (including phenoxy) is 1. The van der Waals surface area contributed by atoms with Crippen LogP contribution in [0.15, 0.2) is 0 Å². The first-order valence-electron chi connectivity index (χ1n) is 3.98. The fraction of sp³-hybridized carbons (Fsp3) is 0.875. The molecule has 0 aliphatic carbocycles. The molecule has 0 amide bonds. The van der Waals surface area contributed by atoms with E-state index in [2.05, 4.69) is 4.90 Å². The van der Waals surface area contributed by atoms with Crippen molar-refractivity contribution in [3.05, 3.63) is 0 Å². The molecular formula is C8H14INO2. The maximum atomic E-state index is 10.9. The third kappa shape index (κ3) is 2.17. The second kappa shape index (κ2) is 3.59. The summed E-state index contributed by atoms with van der Waals surface area (Å²) < 4.78 is 5.74. The van der Waals surface area contributed by atoms with E-state index in [0.29, 0.717) is 13.0 Å². The number of nitrogens with zero attached hydrogens (tertiary/aromatic N) is 1. The Labute approximate surface area is 86.6 Å². The molecule has 1 rings (SSSR count). The van der Waals surface area contributed by atoms with Crippen LogP contribution >= 0.6 is 22.6 Å². The van der Waals surface area contributed by atoms with E-state index in [1.54, 1.807) is 0 Å². The molecule has 1 aliphatic heterocycles. The van der Waals surface area contributed by atoms with Crippen molar-refractivity contribution in [1.82, 2.24) is 4.90 Å². The van der Waals surface area contributed by atoms with Crippen LogP contribution in [0.4, 0.5) is 0 Å². The van der Waals surface area contributed by atoms with Crippen LogP contribution in [-0.4, -0.2) is 34.1 Å². The van der Waals surface area contributed by atoms with Crippen molar-refractivity contribution in [2.45, 2.75) is 32.0 Å². The zero-order valence-electron chi connectivity index (χ0n) is 7.63. The van der Waals surface area contributed by atoms with Gasteiger partial charge in [-0.05, 0) is 43.5 Å². The second-order valence-electron chi connectivity index (χ2n) is 3.58. The van der Waals surface area contributed by atoms with E-state index in [1.807, 2.05) is 43.5 Å². The Morgan fingerprint density at radius 1 is 1.75 bits per heavy atom. The highest BCUT2D eigenvalue weighted by molar-refractivity contribution is 14.1. The molecule has 1 fully saturated rings. The Morgan fingerprint density at radius 3 is 2.67 bits per heavy atom. The Balaban J connectivity index is 2.55. The van der Waals surface area contributed by atoms with Gasteiger partial charge in [-0.3, -0.25) is 9.69 Å². The molecule has 0 aromatic rings. The molecule has 0 radical (unpaired) electrons. The monoisotopic (exact) mass is 283 g/mol. The average Bonchev–Trinajstić information content (AvgIpc) is 2.15. The number of hydrogen-bond donors (Lipinski definition) is 0. The topological polar surface area (TPSA) is 29.5 Å². The van der Waals surface area contributed by atoms with E-state index in [0.717, 1.165) is 0 Å². The molecule has 70 valence electrons. The molecule has 1 heterocycles. The van der Waals surface area contributed by atoms with Crippen LogP contribution in [0.25, 0.3) is 0 Å². The molecule has 1 saturated heterocycles. The summed E-state index contributed by atoms with van der Waals surface area (Å²) >= 11 is 1.83. The Bertz CT molecular complexity index is 193. The molecule has 3 nitrogen and oxygen atoms in total. The van der Waals surface area contributed by atoms with Crippen molar-refractivity contribution < 1.29 is 9.53 Å². The standard InChI is InChI=1S/C8H14INO2/c1-8(2)10(3)6(5-12-8)4-7(9)11/h6H,4-5H2,1-3H3. The summed E-state index contributed by atoms with van der Waals surface area (Å²) in [4.78, 5) is 13.0. The van der Waals surface area contributed by atoms with E-state index >= 15 is 0 Å². The van der Waals surface area contributed by atoms with Crippen molar-refractivity contribution >= 4 is 26.4 Å². The highest BCUT2D eigenvalue weighted by Gasteiger charge is 2.37. The molecule has 1 unspecified atom stereocenters. The lowest BCUT2D eigenvalue weighted by Crippen LogP contribution is -2.40.